The van der Waals surface area contributed by atoms with Gasteiger partial charge in [0.2, 0.25) is 10.0 Å². The number of quaternary nitrogens is 1. The van der Waals surface area contributed by atoms with Crippen LogP contribution in [0.15, 0.2) is 42.5 Å². The van der Waals surface area contributed by atoms with Gasteiger partial charge in [-0.25, -0.2) is 21.7 Å². The van der Waals surface area contributed by atoms with Crippen molar-refractivity contribution in [1.29, 1.82) is 0 Å². The Hall–Kier alpha value is -2.42. The number of fused-ring (bicyclic) bond motifs is 3. The molecular formula is C18H20N3O4S+. The van der Waals surface area contributed by atoms with Crippen LogP contribution < -0.4 is 10.2 Å². The molecule has 1 aliphatic rings. The van der Waals surface area contributed by atoms with Gasteiger partial charge >= 0.3 is 6.03 Å². The molecule has 0 spiro atoms. The molecule has 0 unspecified atom stereocenters. The fourth-order valence-electron chi connectivity index (χ4n) is 3.81. The number of benzene rings is 2. The van der Waals surface area contributed by atoms with Crippen molar-refractivity contribution in [1.82, 2.24) is 8.46 Å². The van der Waals surface area contributed by atoms with E-state index in [9.17, 15) is 13.2 Å². The number of carbonyl (C=O) groups is 1. The van der Waals surface area contributed by atoms with Crippen molar-refractivity contribution in [2.24, 2.45) is 5.73 Å². The summed E-state index contributed by atoms with van der Waals surface area (Å²) in [6.45, 7) is 1.83. The van der Waals surface area contributed by atoms with Gasteiger partial charge in [0.25, 0.3) is 0 Å². The van der Waals surface area contributed by atoms with Gasteiger partial charge in [-0.15, -0.1) is 0 Å². The van der Waals surface area contributed by atoms with Crippen molar-refractivity contribution in [3.8, 4) is 0 Å². The number of aromatic nitrogens is 1. The molecule has 2 heterocycles. The zero-order chi connectivity index (χ0) is 18.5. The maximum atomic E-state index is 12.3. The Kier molecular flexibility index (Phi) is 3.80. The quantitative estimate of drug-likeness (QED) is 0.695. The predicted molar refractivity (Wildman–Crippen MR) is 102 cm³/mol. The number of rotatable bonds is 2. The van der Waals surface area contributed by atoms with Gasteiger partial charge in [0, 0.05) is 22.9 Å². The summed E-state index contributed by atoms with van der Waals surface area (Å²) < 4.78 is 31.4. The number of hydrogen-bond donors (Lipinski definition) is 1. The van der Waals surface area contributed by atoms with Gasteiger partial charge in [0.1, 0.15) is 18.8 Å². The van der Waals surface area contributed by atoms with Crippen LogP contribution in [0, 0.1) is 0 Å². The van der Waals surface area contributed by atoms with Crippen LogP contribution in [0.3, 0.4) is 0 Å². The second-order valence-electron chi connectivity index (χ2n) is 6.61. The van der Waals surface area contributed by atoms with Crippen molar-refractivity contribution in [2.75, 3.05) is 32.6 Å². The summed E-state index contributed by atoms with van der Waals surface area (Å²) in [5.41, 5.74) is 7.71. The molecule has 2 N–H and O–H groups in total. The van der Waals surface area contributed by atoms with Gasteiger partial charge in [-0.3, -0.25) is 0 Å². The van der Waals surface area contributed by atoms with Crippen LogP contribution in [-0.2, 0) is 14.8 Å². The van der Waals surface area contributed by atoms with Crippen LogP contribution in [0.5, 0.6) is 0 Å². The second kappa shape index (κ2) is 5.80. The Morgan fingerprint density at radius 3 is 2.38 bits per heavy atom. The fraction of sp³-hybridized carbons (Fsp3) is 0.278. The highest BCUT2D eigenvalue weighted by molar-refractivity contribution is 7.89. The maximum absolute atomic E-state index is 12.3. The lowest BCUT2D eigenvalue weighted by Gasteiger charge is -2.36. The molecule has 2 aromatic carbocycles. The summed E-state index contributed by atoms with van der Waals surface area (Å²) in [5, 5.41) is 1.61. The Morgan fingerprint density at radius 1 is 1.08 bits per heavy atom. The van der Waals surface area contributed by atoms with Crippen molar-refractivity contribution in [3.05, 3.63) is 42.5 Å². The number of morpholine rings is 1. The molecule has 3 aromatic rings. The Balaban J connectivity index is 2.05. The number of primary amides is 1. The zero-order valence-electron chi connectivity index (χ0n) is 14.4. The van der Waals surface area contributed by atoms with E-state index < -0.39 is 16.1 Å². The van der Waals surface area contributed by atoms with E-state index >= 15 is 0 Å². The van der Waals surface area contributed by atoms with E-state index in [1.807, 2.05) is 24.3 Å². The van der Waals surface area contributed by atoms with E-state index in [-0.39, 0.29) is 4.48 Å². The normalized spacial score (nSPS) is 17.6. The molecule has 2 amide bonds. The van der Waals surface area contributed by atoms with E-state index in [0.29, 0.717) is 37.3 Å². The van der Waals surface area contributed by atoms with Crippen molar-refractivity contribution in [3.63, 3.8) is 0 Å². The van der Waals surface area contributed by atoms with Crippen LogP contribution in [0.1, 0.15) is 0 Å². The first-order valence-electron chi connectivity index (χ1n) is 8.34. The lowest BCUT2D eigenvalue weighted by atomic mass is 10.1. The van der Waals surface area contributed by atoms with Crippen LogP contribution in [-0.4, -0.2) is 51.0 Å². The third kappa shape index (κ3) is 2.41. The molecular weight excluding hydrogens is 354 g/mol. The van der Waals surface area contributed by atoms with Gasteiger partial charge in [-0.1, -0.05) is 18.2 Å². The first-order chi connectivity index (χ1) is 12.3. The second-order valence-corrected chi connectivity index (χ2v) is 8.44. The van der Waals surface area contributed by atoms with Gasteiger partial charge in [0.05, 0.1) is 30.5 Å². The summed E-state index contributed by atoms with van der Waals surface area (Å²) in [6.07, 6.45) is 1.19. The van der Waals surface area contributed by atoms with Crippen molar-refractivity contribution < 1.29 is 17.9 Å². The molecule has 136 valence electrons. The molecule has 1 fully saturated rings. The van der Waals surface area contributed by atoms with E-state index in [0.717, 1.165) is 16.5 Å². The van der Waals surface area contributed by atoms with Gasteiger partial charge in [0.15, 0.2) is 0 Å². The lowest BCUT2D eigenvalue weighted by Crippen LogP contribution is -2.62. The third-order valence-electron chi connectivity index (χ3n) is 5.09. The standard InChI is InChI=1S/C18H19N3O4S/c1-26(23,24)20-16-5-3-2-4-14(16)15-12-13(6-7-17(15)20)21(18(19)22)8-10-25-11-9-21/h2-7,12H,8-11H2,1H3,(H-,19,22)/p+1. The van der Waals surface area contributed by atoms with Crippen molar-refractivity contribution in [2.45, 2.75) is 0 Å². The highest BCUT2D eigenvalue weighted by atomic mass is 32.2. The van der Waals surface area contributed by atoms with Crippen LogP contribution in [0.25, 0.3) is 21.8 Å². The molecule has 26 heavy (non-hydrogen) atoms. The zero-order valence-corrected chi connectivity index (χ0v) is 15.2. The summed E-state index contributed by atoms with van der Waals surface area (Å²) >= 11 is 0. The number of carbonyl (C=O) groups excluding carboxylic acids is 1. The number of nitrogens with two attached hydrogens (primary N) is 1. The molecule has 8 heteroatoms. The highest BCUT2D eigenvalue weighted by Crippen LogP contribution is 2.35. The number of amides is 2. The number of urea groups is 1. The molecule has 4 rings (SSSR count). The molecule has 1 aromatic heterocycles. The lowest BCUT2D eigenvalue weighted by molar-refractivity contribution is 0.0574. The van der Waals surface area contributed by atoms with Gasteiger partial charge in [-0.05, 0) is 12.1 Å². The molecule has 0 bridgehead atoms. The Labute approximate surface area is 151 Å². The van der Waals surface area contributed by atoms with Crippen LogP contribution in [0.2, 0.25) is 0 Å². The Bertz CT molecular complexity index is 1130. The molecule has 0 atom stereocenters. The molecule has 0 saturated carbocycles. The summed E-state index contributed by atoms with van der Waals surface area (Å²) in [7, 11) is -3.48. The van der Waals surface area contributed by atoms with Crippen LogP contribution >= 0.6 is 0 Å². The molecule has 1 aliphatic heterocycles. The first-order valence-corrected chi connectivity index (χ1v) is 10.2. The average Bonchev–Trinajstić information content (AvgIpc) is 2.96. The topological polar surface area (TPSA) is 91.4 Å². The largest absolute Gasteiger partial charge is 0.419 e. The fourth-order valence-corrected chi connectivity index (χ4v) is 4.84. The van der Waals surface area contributed by atoms with Gasteiger partial charge < -0.3 is 10.5 Å². The predicted octanol–water partition coefficient (Wildman–Crippen LogP) is 2.02. The van der Waals surface area contributed by atoms with Crippen molar-refractivity contribution >= 4 is 43.5 Å². The van der Waals surface area contributed by atoms with E-state index in [1.165, 1.54) is 10.2 Å². The number of para-hydroxylation sites is 1. The first kappa shape index (κ1) is 17.0. The molecule has 1 saturated heterocycles. The van der Waals surface area contributed by atoms with Crippen LogP contribution in [0.4, 0.5) is 10.5 Å². The minimum Gasteiger partial charge on any atom is -0.370 e. The van der Waals surface area contributed by atoms with Gasteiger partial charge in [-0.2, -0.15) is 0 Å². The summed E-state index contributed by atoms with van der Waals surface area (Å²) in [5.74, 6) is 0. The summed E-state index contributed by atoms with van der Waals surface area (Å²) in [4.78, 5) is 12.3. The third-order valence-corrected chi connectivity index (χ3v) is 6.15. The number of nitrogens with zero attached hydrogens (tertiary/aromatic N) is 2. The molecule has 0 radical (unpaired) electrons. The van der Waals surface area contributed by atoms with E-state index in [1.54, 1.807) is 18.2 Å². The minimum absolute atomic E-state index is 0.00826. The van der Waals surface area contributed by atoms with E-state index in [2.05, 4.69) is 0 Å². The SMILES string of the molecule is CS(=O)(=O)n1c2ccccc2c2cc([N+]3(C(N)=O)CCOCC3)ccc21. The number of hydrogen-bond acceptors (Lipinski definition) is 4. The number of ether oxygens (including phenoxy) is 1. The monoisotopic (exact) mass is 374 g/mol. The average molecular weight is 374 g/mol. The molecule has 7 nitrogen and oxygen atoms in total. The highest BCUT2D eigenvalue weighted by Gasteiger charge is 2.40. The summed E-state index contributed by atoms with van der Waals surface area (Å²) in [6, 6.07) is 12.3. The maximum Gasteiger partial charge on any atom is 0.419 e. The van der Waals surface area contributed by atoms with E-state index in [4.69, 9.17) is 10.5 Å². The Morgan fingerprint density at radius 2 is 1.73 bits per heavy atom. The minimum atomic E-state index is -3.48. The smallest absolute Gasteiger partial charge is 0.370 e. The molecule has 0 aliphatic carbocycles.